The van der Waals surface area contributed by atoms with Crippen LogP contribution < -0.4 is 0 Å². The van der Waals surface area contributed by atoms with Gasteiger partial charge in [-0.1, -0.05) is 37.3 Å². The lowest BCUT2D eigenvalue weighted by Gasteiger charge is -2.03. The van der Waals surface area contributed by atoms with E-state index in [0.29, 0.717) is 5.54 Å². The second kappa shape index (κ2) is 3.54. The van der Waals surface area contributed by atoms with E-state index in [0.717, 1.165) is 0 Å². The van der Waals surface area contributed by atoms with Crippen LogP contribution in [0.15, 0.2) is 30.3 Å². The Morgan fingerprint density at radius 2 is 1.90 bits per heavy atom. The third-order valence-electron chi connectivity index (χ3n) is 1.62. The zero-order valence-corrected chi connectivity index (χ0v) is 7.49. The molecule has 1 aromatic carbocycles. The summed E-state index contributed by atoms with van der Waals surface area (Å²) in [5, 5.41) is 0. The average Bonchev–Trinajstić information content (AvgIpc) is 2.05. The van der Waals surface area contributed by atoms with Gasteiger partial charge in [0, 0.05) is 0 Å². The Morgan fingerprint density at radius 3 is 2.40 bits per heavy atom. The quantitative estimate of drug-likeness (QED) is 0.567. The van der Waals surface area contributed by atoms with Gasteiger partial charge in [-0.15, -0.1) is 0 Å². The molecule has 1 unspecified atom stereocenters. The van der Waals surface area contributed by atoms with Gasteiger partial charge in [-0.3, -0.25) is 0 Å². The minimum Gasteiger partial charge on any atom is -0.306 e. The monoisotopic (exact) mass is 151 g/mol. The number of hydrogen-bond donors (Lipinski definition) is 0. The van der Waals surface area contributed by atoms with Crippen LogP contribution in [0.5, 0.6) is 0 Å². The van der Waals surface area contributed by atoms with Gasteiger partial charge in [0.25, 0.3) is 0 Å². The van der Waals surface area contributed by atoms with Gasteiger partial charge in [-0.2, -0.15) is 0 Å². The van der Waals surface area contributed by atoms with Crippen LogP contribution in [0.1, 0.15) is 18.0 Å². The molecule has 1 rings (SSSR count). The molecule has 0 N–H and O–H groups in total. The van der Waals surface area contributed by atoms with Crippen LogP contribution in [-0.2, 0) is 4.80 Å². The summed E-state index contributed by atoms with van der Waals surface area (Å²) in [6, 6.07) is 9.99. The van der Waals surface area contributed by atoms with Crippen molar-refractivity contribution in [3.63, 3.8) is 0 Å². The molecule has 0 heterocycles. The lowest BCUT2D eigenvalue weighted by Crippen LogP contribution is -2.00. The molecule has 0 amide bonds. The molecule has 0 aliphatic rings. The minimum absolute atomic E-state index is 0.293. The number of benzene rings is 1. The van der Waals surface area contributed by atoms with Gasteiger partial charge >= 0.3 is 0 Å². The summed E-state index contributed by atoms with van der Waals surface area (Å²) >= 11 is 0. The fraction of sp³-hybridized carbons (Fsp3) is 0.250. The molecule has 1 aromatic rings. The highest BCUT2D eigenvalue weighted by Crippen LogP contribution is 2.11. The molecule has 0 saturated heterocycles. The molecule has 53 valence electrons. The first-order chi connectivity index (χ1) is 4.84. The van der Waals surface area contributed by atoms with Crippen LogP contribution in [0.3, 0.4) is 0 Å². The molecule has 0 aliphatic carbocycles. The highest BCUT2D eigenvalue weighted by Gasteiger charge is 2.02. The Labute approximate surface area is 63.7 Å². The van der Waals surface area contributed by atoms with Gasteiger partial charge in [-0.25, -0.2) is 0 Å². The van der Waals surface area contributed by atoms with Crippen molar-refractivity contribution in [2.24, 2.45) is 0 Å². The molecule has 2 heteroatoms. The minimum atomic E-state index is -1.11. The van der Waals surface area contributed by atoms with Gasteiger partial charge in [0.05, 0.1) is 0 Å². The van der Waals surface area contributed by atoms with Crippen LogP contribution in [0.25, 0.3) is 0 Å². The molecule has 0 bridgehead atoms. The SMILES string of the molecule is CC([SiH2][O])c1ccccc1. The summed E-state index contributed by atoms with van der Waals surface area (Å²) in [6.07, 6.45) is 0. The number of hydrogen-bond acceptors (Lipinski definition) is 0. The van der Waals surface area contributed by atoms with E-state index in [2.05, 4.69) is 0 Å². The zero-order valence-electron chi connectivity index (χ0n) is 6.08. The first-order valence-electron chi connectivity index (χ1n) is 3.47. The van der Waals surface area contributed by atoms with Crippen molar-refractivity contribution in [1.82, 2.24) is 0 Å². The largest absolute Gasteiger partial charge is 0.306 e. The van der Waals surface area contributed by atoms with Crippen molar-refractivity contribution >= 4 is 9.76 Å². The predicted octanol–water partition coefficient (Wildman–Crippen LogP) is 1.26. The normalized spacial score (nSPS) is 14.2. The summed E-state index contributed by atoms with van der Waals surface area (Å²) < 4.78 is 0. The van der Waals surface area contributed by atoms with E-state index >= 15 is 0 Å². The molecule has 1 radical (unpaired) electrons. The highest BCUT2D eigenvalue weighted by atomic mass is 28.2. The Balaban J connectivity index is 2.75. The lowest BCUT2D eigenvalue weighted by atomic mass is 10.2. The van der Waals surface area contributed by atoms with E-state index in [1.165, 1.54) is 5.56 Å². The van der Waals surface area contributed by atoms with E-state index in [1.54, 1.807) is 0 Å². The van der Waals surface area contributed by atoms with Gasteiger partial charge in [0.2, 0.25) is 9.76 Å². The molecule has 1 nitrogen and oxygen atoms in total. The van der Waals surface area contributed by atoms with Crippen LogP contribution in [0, 0.1) is 0 Å². The van der Waals surface area contributed by atoms with E-state index in [1.807, 2.05) is 37.3 Å². The molecule has 0 aromatic heterocycles. The van der Waals surface area contributed by atoms with Crippen molar-refractivity contribution < 1.29 is 4.80 Å². The van der Waals surface area contributed by atoms with Gasteiger partial charge in [0.1, 0.15) is 0 Å². The first-order valence-corrected chi connectivity index (χ1v) is 4.87. The number of rotatable bonds is 2. The molecule has 10 heavy (non-hydrogen) atoms. The fourth-order valence-electron chi connectivity index (χ4n) is 0.878. The van der Waals surface area contributed by atoms with Crippen molar-refractivity contribution in [3.05, 3.63) is 35.9 Å². The smallest absolute Gasteiger partial charge is 0.214 e. The molecule has 1 atom stereocenters. The maximum Gasteiger partial charge on any atom is 0.214 e. The maximum atomic E-state index is 10.6. The average molecular weight is 151 g/mol. The van der Waals surface area contributed by atoms with Crippen molar-refractivity contribution in [2.75, 3.05) is 0 Å². The Bertz CT molecular complexity index is 186. The van der Waals surface area contributed by atoms with Gasteiger partial charge in [0.15, 0.2) is 0 Å². The topological polar surface area (TPSA) is 19.9 Å². The van der Waals surface area contributed by atoms with Crippen LogP contribution in [-0.4, -0.2) is 9.76 Å². The summed E-state index contributed by atoms with van der Waals surface area (Å²) in [6.45, 7) is 2.01. The maximum absolute atomic E-state index is 10.6. The van der Waals surface area contributed by atoms with Crippen molar-refractivity contribution in [1.29, 1.82) is 0 Å². The Kier molecular flexibility index (Phi) is 2.65. The first kappa shape index (κ1) is 7.50. The third kappa shape index (κ3) is 1.69. The van der Waals surface area contributed by atoms with Crippen LogP contribution in [0.2, 0.25) is 0 Å². The predicted molar refractivity (Wildman–Crippen MR) is 44.1 cm³/mol. The Hall–Kier alpha value is -0.603. The van der Waals surface area contributed by atoms with E-state index in [9.17, 15) is 4.80 Å². The van der Waals surface area contributed by atoms with Gasteiger partial charge in [-0.05, 0) is 11.1 Å². The molecule has 0 spiro atoms. The Morgan fingerprint density at radius 1 is 1.30 bits per heavy atom. The van der Waals surface area contributed by atoms with Crippen LogP contribution >= 0.6 is 0 Å². The highest BCUT2D eigenvalue weighted by molar-refractivity contribution is 6.27. The second-order valence-electron chi connectivity index (χ2n) is 2.48. The molecule has 0 saturated carbocycles. The van der Waals surface area contributed by atoms with E-state index < -0.39 is 9.76 Å². The molecule has 0 fully saturated rings. The van der Waals surface area contributed by atoms with Crippen molar-refractivity contribution in [3.8, 4) is 0 Å². The van der Waals surface area contributed by atoms with E-state index in [-0.39, 0.29) is 0 Å². The second-order valence-corrected chi connectivity index (χ2v) is 4.04. The standard InChI is InChI=1S/C8H11OSi/c1-7(10-9)8-5-3-2-4-6-8/h2-7H,10H2,1H3. The summed E-state index contributed by atoms with van der Waals surface area (Å²) in [5.74, 6) is 0. The van der Waals surface area contributed by atoms with Crippen LogP contribution in [0.4, 0.5) is 0 Å². The summed E-state index contributed by atoms with van der Waals surface area (Å²) in [5.41, 5.74) is 1.49. The summed E-state index contributed by atoms with van der Waals surface area (Å²) in [4.78, 5) is 10.6. The lowest BCUT2D eigenvalue weighted by molar-refractivity contribution is 0.463. The zero-order chi connectivity index (χ0) is 7.40. The van der Waals surface area contributed by atoms with Crippen molar-refractivity contribution in [2.45, 2.75) is 12.5 Å². The molecule has 0 aliphatic heterocycles. The fourth-order valence-corrected chi connectivity index (χ4v) is 1.34. The molecular weight excluding hydrogens is 140 g/mol. The third-order valence-corrected chi connectivity index (χ3v) is 2.59. The summed E-state index contributed by atoms with van der Waals surface area (Å²) in [7, 11) is -1.11. The van der Waals surface area contributed by atoms with E-state index in [4.69, 9.17) is 0 Å². The van der Waals surface area contributed by atoms with Gasteiger partial charge < -0.3 is 4.80 Å². The molecular formula is C8H11OSi.